The van der Waals surface area contributed by atoms with E-state index in [4.69, 9.17) is 4.74 Å². The molecule has 2 aromatic carbocycles. The molecule has 29 heavy (non-hydrogen) atoms. The summed E-state index contributed by atoms with van der Waals surface area (Å²) in [6.07, 6.45) is 0. The van der Waals surface area contributed by atoms with Crippen molar-refractivity contribution >= 4 is 40.3 Å². The van der Waals surface area contributed by atoms with Crippen LogP contribution in [0, 0.1) is 0 Å². The number of thioether (sulfide) groups is 1. The highest BCUT2D eigenvalue weighted by molar-refractivity contribution is 7.99. The van der Waals surface area contributed by atoms with E-state index in [2.05, 4.69) is 21.8 Å². The molecule has 0 saturated heterocycles. The number of hydrogen-bond donors (Lipinski definition) is 1. The molecule has 1 aromatic heterocycles. The molecule has 1 heterocycles. The molecule has 0 atom stereocenters. The number of benzene rings is 2. The van der Waals surface area contributed by atoms with E-state index in [1.165, 1.54) is 16.7 Å². The molecule has 1 N–H and O–H groups in total. The van der Waals surface area contributed by atoms with Gasteiger partial charge in [-0.1, -0.05) is 23.9 Å². The Kier molecular flexibility index (Phi) is 6.77. The zero-order chi connectivity index (χ0) is 20.8. The predicted molar refractivity (Wildman–Crippen MR) is 115 cm³/mol. The van der Waals surface area contributed by atoms with Gasteiger partial charge >= 0.3 is 0 Å². The average Bonchev–Trinajstić information content (AvgIpc) is 3.09. The van der Waals surface area contributed by atoms with Crippen molar-refractivity contribution in [2.75, 3.05) is 31.8 Å². The Balaban J connectivity index is 1.54. The van der Waals surface area contributed by atoms with E-state index >= 15 is 0 Å². The fourth-order valence-electron chi connectivity index (χ4n) is 2.71. The monoisotopic (exact) mass is 412 g/mol. The van der Waals surface area contributed by atoms with Crippen molar-refractivity contribution < 1.29 is 14.3 Å². The zero-order valence-corrected chi connectivity index (χ0v) is 17.5. The van der Waals surface area contributed by atoms with E-state index in [9.17, 15) is 9.59 Å². The topological polar surface area (TPSA) is 76.5 Å². The molecule has 0 aliphatic rings. The minimum atomic E-state index is -0.113. The number of nitrogens with zero attached hydrogens (tertiary/aromatic N) is 3. The van der Waals surface area contributed by atoms with Gasteiger partial charge in [-0.3, -0.25) is 9.59 Å². The molecule has 2 amide bonds. The van der Waals surface area contributed by atoms with Crippen molar-refractivity contribution in [3.05, 3.63) is 48.5 Å². The van der Waals surface area contributed by atoms with Crippen LogP contribution >= 0.6 is 11.8 Å². The Morgan fingerprint density at radius 2 is 1.86 bits per heavy atom. The number of likely N-dealkylation sites (N-methyl/N-ethyl adjacent to an activating group) is 1. The molecule has 152 valence electrons. The highest BCUT2D eigenvalue weighted by atomic mass is 32.2. The Morgan fingerprint density at radius 3 is 2.55 bits per heavy atom. The third kappa shape index (κ3) is 5.29. The van der Waals surface area contributed by atoms with E-state index in [-0.39, 0.29) is 24.2 Å². The van der Waals surface area contributed by atoms with Crippen LogP contribution in [0.15, 0.2) is 53.7 Å². The standard InChI is InChI=1S/C21H24N4O3S/c1-4-25-18-8-6-5-7-17(18)23-21(25)29-14-19(26)22-15-9-11-16(12-10-15)28-13-20(27)24(2)3/h5-12H,4,13-14H2,1-3H3,(H,22,26). The Labute approximate surface area is 174 Å². The van der Waals surface area contributed by atoms with Crippen LogP contribution in [0.25, 0.3) is 11.0 Å². The van der Waals surface area contributed by atoms with Gasteiger partial charge in [0.05, 0.1) is 16.8 Å². The number of carbonyl (C=O) groups excluding carboxylic acids is 2. The number of aromatic nitrogens is 2. The van der Waals surface area contributed by atoms with Gasteiger partial charge < -0.3 is 19.5 Å². The summed E-state index contributed by atoms with van der Waals surface area (Å²) < 4.78 is 7.54. The SMILES string of the molecule is CCn1c(SCC(=O)Nc2ccc(OCC(=O)N(C)C)cc2)nc2ccccc21. The lowest BCUT2D eigenvalue weighted by Gasteiger charge is -2.11. The zero-order valence-electron chi connectivity index (χ0n) is 16.7. The van der Waals surface area contributed by atoms with Gasteiger partial charge in [-0.15, -0.1) is 0 Å². The number of carbonyl (C=O) groups is 2. The summed E-state index contributed by atoms with van der Waals surface area (Å²) >= 11 is 1.41. The Morgan fingerprint density at radius 1 is 1.14 bits per heavy atom. The van der Waals surface area contributed by atoms with Crippen molar-refractivity contribution in [3.8, 4) is 5.75 Å². The van der Waals surface area contributed by atoms with E-state index in [1.807, 2.05) is 24.3 Å². The lowest BCUT2D eigenvalue weighted by atomic mass is 10.3. The summed E-state index contributed by atoms with van der Waals surface area (Å²) in [5.41, 5.74) is 2.67. The first-order chi connectivity index (χ1) is 14.0. The van der Waals surface area contributed by atoms with Crippen molar-refractivity contribution in [3.63, 3.8) is 0 Å². The first kappa shape index (κ1) is 20.7. The largest absolute Gasteiger partial charge is 0.484 e. The summed E-state index contributed by atoms with van der Waals surface area (Å²) in [7, 11) is 3.36. The molecule has 0 unspecified atom stereocenters. The average molecular weight is 413 g/mol. The predicted octanol–water partition coefficient (Wildman–Crippen LogP) is 3.25. The van der Waals surface area contributed by atoms with E-state index in [0.717, 1.165) is 22.7 Å². The number of amides is 2. The number of anilines is 1. The summed E-state index contributed by atoms with van der Waals surface area (Å²) in [5, 5.41) is 3.70. The van der Waals surface area contributed by atoms with Gasteiger partial charge in [0.2, 0.25) is 5.91 Å². The minimum Gasteiger partial charge on any atom is -0.484 e. The second-order valence-electron chi connectivity index (χ2n) is 6.57. The first-order valence-electron chi connectivity index (χ1n) is 9.29. The van der Waals surface area contributed by atoms with Crippen LogP contribution in [0.5, 0.6) is 5.75 Å². The van der Waals surface area contributed by atoms with Crippen molar-refractivity contribution in [1.82, 2.24) is 14.5 Å². The number of fused-ring (bicyclic) bond motifs is 1. The smallest absolute Gasteiger partial charge is 0.259 e. The lowest BCUT2D eigenvalue weighted by molar-refractivity contribution is -0.130. The van der Waals surface area contributed by atoms with E-state index < -0.39 is 0 Å². The molecule has 3 rings (SSSR count). The van der Waals surface area contributed by atoms with Crippen molar-refractivity contribution in [2.45, 2.75) is 18.6 Å². The van der Waals surface area contributed by atoms with E-state index in [0.29, 0.717) is 11.4 Å². The van der Waals surface area contributed by atoms with Crippen LogP contribution < -0.4 is 10.1 Å². The molecule has 8 heteroatoms. The highest BCUT2D eigenvalue weighted by Crippen LogP contribution is 2.24. The maximum atomic E-state index is 12.3. The molecular formula is C21H24N4O3S. The molecule has 0 radical (unpaired) electrons. The van der Waals surface area contributed by atoms with Gasteiger partial charge in [-0.25, -0.2) is 4.98 Å². The number of ether oxygens (including phenoxy) is 1. The summed E-state index contributed by atoms with van der Waals surface area (Å²) in [6, 6.07) is 14.9. The molecule has 0 aliphatic carbocycles. The van der Waals surface area contributed by atoms with Gasteiger partial charge in [-0.2, -0.15) is 0 Å². The maximum absolute atomic E-state index is 12.3. The second kappa shape index (κ2) is 9.47. The molecule has 0 aliphatic heterocycles. The Bertz CT molecular complexity index is 999. The molecule has 0 fully saturated rings. The number of hydrogen-bond acceptors (Lipinski definition) is 5. The third-order valence-electron chi connectivity index (χ3n) is 4.27. The first-order valence-corrected chi connectivity index (χ1v) is 10.3. The number of aryl methyl sites for hydroxylation is 1. The fraction of sp³-hybridized carbons (Fsp3) is 0.286. The number of nitrogens with one attached hydrogen (secondary N) is 1. The molecular weight excluding hydrogens is 388 g/mol. The van der Waals surface area contributed by atoms with Crippen LogP contribution in [0.3, 0.4) is 0 Å². The van der Waals surface area contributed by atoms with Gasteiger partial charge in [0.15, 0.2) is 11.8 Å². The highest BCUT2D eigenvalue weighted by Gasteiger charge is 2.12. The summed E-state index contributed by atoms with van der Waals surface area (Å²) in [5.74, 6) is 0.613. The van der Waals surface area contributed by atoms with Crippen molar-refractivity contribution in [1.29, 1.82) is 0 Å². The molecule has 0 saturated carbocycles. The lowest BCUT2D eigenvalue weighted by Crippen LogP contribution is -2.27. The normalized spacial score (nSPS) is 10.7. The number of para-hydroxylation sites is 2. The quantitative estimate of drug-likeness (QED) is 0.575. The minimum absolute atomic E-state index is 0.0201. The molecule has 7 nitrogen and oxygen atoms in total. The van der Waals surface area contributed by atoms with Crippen LogP contribution in [-0.2, 0) is 16.1 Å². The van der Waals surface area contributed by atoms with Crippen LogP contribution in [0.1, 0.15) is 6.92 Å². The van der Waals surface area contributed by atoms with Gasteiger partial charge in [0.25, 0.3) is 5.91 Å². The van der Waals surface area contributed by atoms with Crippen LogP contribution in [0.2, 0.25) is 0 Å². The van der Waals surface area contributed by atoms with Gasteiger partial charge in [-0.05, 0) is 43.3 Å². The third-order valence-corrected chi connectivity index (χ3v) is 5.24. The van der Waals surface area contributed by atoms with Crippen LogP contribution in [-0.4, -0.2) is 52.7 Å². The van der Waals surface area contributed by atoms with Crippen LogP contribution in [0.4, 0.5) is 5.69 Å². The van der Waals surface area contributed by atoms with Crippen molar-refractivity contribution in [2.24, 2.45) is 0 Å². The second-order valence-corrected chi connectivity index (χ2v) is 7.51. The maximum Gasteiger partial charge on any atom is 0.259 e. The fourth-order valence-corrected chi connectivity index (χ4v) is 3.58. The number of imidazole rings is 1. The molecule has 0 bridgehead atoms. The van der Waals surface area contributed by atoms with Gasteiger partial charge in [0.1, 0.15) is 5.75 Å². The molecule has 3 aromatic rings. The summed E-state index contributed by atoms with van der Waals surface area (Å²) in [6.45, 7) is 2.84. The molecule has 0 spiro atoms. The van der Waals surface area contributed by atoms with Gasteiger partial charge in [0, 0.05) is 26.3 Å². The Hall–Kier alpha value is -3.00. The van der Waals surface area contributed by atoms with E-state index in [1.54, 1.807) is 38.4 Å². The summed E-state index contributed by atoms with van der Waals surface area (Å²) in [4.78, 5) is 30.0. The number of rotatable bonds is 8.